The Balaban J connectivity index is 1.83. The first-order valence-electron chi connectivity index (χ1n) is 8.40. The van der Waals surface area contributed by atoms with Crippen molar-refractivity contribution in [1.82, 2.24) is 14.9 Å². The molecule has 3 aromatic rings. The summed E-state index contributed by atoms with van der Waals surface area (Å²) in [6.07, 6.45) is 0. The van der Waals surface area contributed by atoms with Crippen LogP contribution in [0, 0.1) is 6.92 Å². The van der Waals surface area contributed by atoms with E-state index in [9.17, 15) is 13.2 Å². The van der Waals surface area contributed by atoms with Crippen LogP contribution in [0.2, 0.25) is 0 Å². The molecule has 0 aliphatic rings. The van der Waals surface area contributed by atoms with Gasteiger partial charge in [-0.1, -0.05) is 17.3 Å². The van der Waals surface area contributed by atoms with E-state index in [0.29, 0.717) is 23.0 Å². The Hall–Kier alpha value is -2.98. The molecule has 0 unspecified atom stereocenters. The molecule has 1 amide bonds. The third-order valence-electron chi connectivity index (χ3n) is 3.45. The Morgan fingerprint density at radius 3 is 2.46 bits per heavy atom. The van der Waals surface area contributed by atoms with E-state index < -0.39 is 21.5 Å². The van der Waals surface area contributed by atoms with Crippen molar-refractivity contribution in [2.45, 2.75) is 38.3 Å². The van der Waals surface area contributed by atoms with Crippen molar-refractivity contribution in [2.75, 3.05) is 5.32 Å². The minimum absolute atomic E-state index is 0.145. The zero-order chi connectivity index (χ0) is 20.5. The Morgan fingerprint density at radius 2 is 1.82 bits per heavy atom. The highest BCUT2D eigenvalue weighted by Crippen LogP contribution is 2.26. The number of para-hydroxylation sites is 1. The number of sulfonamides is 1. The van der Waals surface area contributed by atoms with E-state index in [1.54, 1.807) is 52.0 Å². The fraction of sp³-hybridized carbons (Fsp3) is 0.278. The van der Waals surface area contributed by atoms with Crippen LogP contribution in [0.3, 0.4) is 0 Å². The molecular formula is C18H20N4O5S. The van der Waals surface area contributed by atoms with Crippen molar-refractivity contribution in [2.24, 2.45) is 0 Å². The van der Waals surface area contributed by atoms with Crippen molar-refractivity contribution >= 4 is 21.6 Å². The molecule has 2 aromatic heterocycles. The molecule has 0 spiro atoms. The van der Waals surface area contributed by atoms with Gasteiger partial charge in [0, 0.05) is 18.0 Å². The smallest absolute Gasteiger partial charge is 0.291 e. The first kappa shape index (κ1) is 19.8. The van der Waals surface area contributed by atoms with E-state index in [0.717, 1.165) is 0 Å². The van der Waals surface area contributed by atoms with E-state index in [4.69, 9.17) is 8.94 Å². The molecule has 28 heavy (non-hydrogen) atoms. The summed E-state index contributed by atoms with van der Waals surface area (Å²) < 4.78 is 37.4. The monoisotopic (exact) mass is 404 g/mol. The number of nitrogens with one attached hydrogen (secondary N) is 2. The third-order valence-corrected chi connectivity index (χ3v) is 5.08. The molecule has 0 radical (unpaired) electrons. The summed E-state index contributed by atoms with van der Waals surface area (Å²) in [6.45, 7) is 6.78. The fourth-order valence-corrected chi connectivity index (χ4v) is 3.77. The largest absolute Gasteiger partial charge is 0.438 e. The van der Waals surface area contributed by atoms with Gasteiger partial charge < -0.3 is 14.3 Å². The number of carbonyl (C=O) groups excluding carboxylic acids is 1. The van der Waals surface area contributed by atoms with Crippen LogP contribution in [0.4, 0.5) is 5.69 Å². The van der Waals surface area contributed by atoms with Crippen molar-refractivity contribution in [3.05, 3.63) is 48.0 Å². The molecule has 0 aliphatic carbocycles. The topological polar surface area (TPSA) is 127 Å². The number of aryl methyl sites for hydroxylation is 1. The number of anilines is 1. The zero-order valence-electron chi connectivity index (χ0n) is 15.8. The van der Waals surface area contributed by atoms with E-state index in [-0.39, 0.29) is 10.9 Å². The summed E-state index contributed by atoms with van der Waals surface area (Å²) in [4.78, 5) is 16.7. The maximum Gasteiger partial charge on any atom is 0.291 e. The molecule has 10 heteroatoms. The highest BCUT2D eigenvalue weighted by Gasteiger charge is 2.26. The summed E-state index contributed by atoms with van der Waals surface area (Å²) in [6, 6.07) is 9.43. The number of hydrogen-bond acceptors (Lipinski definition) is 7. The average molecular weight is 404 g/mol. The normalized spacial score (nSPS) is 12.1. The standard InChI is InChI=1S/C18H20N4O5S/c1-11-19-16(21-27-11)12-7-5-6-8-13(12)20-17(23)14-9-10-15(26-14)28(24,25)22-18(2,3)4/h5-10,22H,1-4H3,(H,20,23). The van der Waals surface area contributed by atoms with E-state index in [2.05, 4.69) is 20.2 Å². The van der Waals surface area contributed by atoms with Crippen molar-refractivity contribution in [3.63, 3.8) is 0 Å². The van der Waals surface area contributed by atoms with Crippen LogP contribution in [0.1, 0.15) is 37.2 Å². The quantitative estimate of drug-likeness (QED) is 0.669. The highest BCUT2D eigenvalue weighted by atomic mass is 32.2. The molecule has 2 N–H and O–H groups in total. The Kier molecular flexibility index (Phi) is 5.09. The number of aromatic nitrogens is 2. The lowest BCUT2D eigenvalue weighted by molar-refractivity contribution is 0.0991. The van der Waals surface area contributed by atoms with Crippen LogP contribution in [0.5, 0.6) is 0 Å². The molecule has 0 aliphatic heterocycles. The van der Waals surface area contributed by atoms with Crippen LogP contribution >= 0.6 is 0 Å². The number of hydrogen-bond donors (Lipinski definition) is 2. The van der Waals surface area contributed by atoms with Gasteiger partial charge in [-0.15, -0.1) is 0 Å². The lowest BCUT2D eigenvalue weighted by Crippen LogP contribution is -2.40. The molecule has 1 aromatic carbocycles. The summed E-state index contributed by atoms with van der Waals surface area (Å²) in [5.74, 6) is -0.0351. The molecular weight excluding hydrogens is 384 g/mol. The predicted molar refractivity (Wildman–Crippen MR) is 101 cm³/mol. The third kappa shape index (κ3) is 4.46. The number of nitrogens with zero attached hydrogens (tertiary/aromatic N) is 2. The van der Waals surface area contributed by atoms with Gasteiger partial charge in [0.25, 0.3) is 15.9 Å². The molecule has 3 rings (SSSR count). The average Bonchev–Trinajstić information content (AvgIpc) is 3.22. The van der Waals surface area contributed by atoms with Gasteiger partial charge in [0.15, 0.2) is 5.76 Å². The van der Waals surface area contributed by atoms with Crippen molar-refractivity contribution in [1.29, 1.82) is 0 Å². The van der Waals surface area contributed by atoms with Gasteiger partial charge in [0.1, 0.15) is 0 Å². The van der Waals surface area contributed by atoms with Crippen LogP contribution in [-0.2, 0) is 10.0 Å². The Bertz CT molecular complexity index is 1110. The van der Waals surface area contributed by atoms with Gasteiger partial charge in [0.05, 0.1) is 5.69 Å². The lowest BCUT2D eigenvalue weighted by Gasteiger charge is -2.18. The van der Waals surface area contributed by atoms with Gasteiger partial charge in [-0.3, -0.25) is 4.79 Å². The van der Waals surface area contributed by atoms with Crippen molar-refractivity contribution in [3.8, 4) is 11.4 Å². The van der Waals surface area contributed by atoms with Gasteiger partial charge in [-0.25, -0.2) is 13.1 Å². The van der Waals surface area contributed by atoms with Gasteiger partial charge in [-0.05, 0) is 45.0 Å². The second-order valence-corrected chi connectivity index (χ2v) is 8.72. The van der Waals surface area contributed by atoms with Crippen molar-refractivity contribution < 1.29 is 22.2 Å². The molecule has 0 saturated carbocycles. The van der Waals surface area contributed by atoms with E-state index in [1.807, 2.05) is 0 Å². The Labute approximate surface area is 162 Å². The summed E-state index contributed by atoms with van der Waals surface area (Å²) in [7, 11) is -3.88. The molecule has 0 bridgehead atoms. The molecule has 0 fully saturated rings. The van der Waals surface area contributed by atoms with Crippen LogP contribution < -0.4 is 10.0 Å². The number of carbonyl (C=O) groups is 1. The molecule has 0 saturated heterocycles. The van der Waals surface area contributed by atoms with Gasteiger partial charge >= 0.3 is 0 Å². The molecule has 2 heterocycles. The first-order chi connectivity index (χ1) is 13.0. The SMILES string of the molecule is Cc1nc(-c2ccccc2NC(=O)c2ccc(S(=O)(=O)NC(C)(C)C)o2)no1. The van der Waals surface area contributed by atoms with Gasteiger partial charge in [0.2, 0.25) is 16.8 Å². The van der Waals surface area contributed by atoms with E-state index >= 15 is 0 Å². The first-order valence-corrected chi connectivity index (χ1v) is 9.88. The fourth-order valence-electron chi connectivity index (χ4n) is 2.42. The maximum absolute atomic E-state index is 12.5. The summed E-state index contributed by atoms with van der Waals surface area (Å²) in [5.41, 5.74) is 0.304. The zero-order valence-corrected chi connectivity index (χ0v) is 16.6. The minimum Gasteiger partial charge on any atom is -0.438 e. The van der Waals surface area contributed by atoms with Crippen LogP contribution in [-0.4, -0.2) is 30.0 Å². The number of rotatable bonds is 5. The second kappa shape index (κ2) is 7.21. The highest BCUT2D eigenvalue weighted by molar-refractivity contribution is 7.89. The molecule has 0 atom stereocenters. The number of amides is 1. The second-order valence-electron chi connectivity index (χ2n) is 7.11. The maximum atomic E-state index is 12.5. The summed E-state index contributed by atoms with van der Waals surface area (Å²) in [5, 5.41) is 6.19. The Morgan fingerprint density at radius 1 is 1.11 bits per heavy atom. The van der Waals surface area contributed by atoms with E-state index in [1.165, 1.54) is 12.1 Å². The molecule has 9 nitrogen and oxygen atoms in total. The number of benzene rings is 1. The predicted octanol–water partition coefficient (Wildman–Crippen LogP) is 2.97. The summed E-state index contributed by atoms with van der Waals surface area (Å²) >= 11 is 0. The van der Waals surface area contributed by atoms with Crippen LogP contribution in [0.25, 0.3) is 11.4 Å². The van der Waals surface area contributed by atoms with Crippen LogP contribution in [0.15, 0.2) is 50.4 Å². The molecule has 148 valence electrons. The minimum atomic E-state index is -3.88. The van der Waals surface area contributed by atoms with Gasteiger partial charge in [-0.2, -0.15) is 4.98 Å². The number of furan rings is 1. The lowest BCUT2D eigenvalue weighted by atomic mass is 10.1.